The van der Waals surface area contributed by atoms with Crippen LogP contribution in [0.15, 0.2) is 6.33 Å². The molecule has 2 aromatic rings. The maximum absolute atomic E-state index is 9.70. The fraction of sp³-hybridized carbons (Fsp3) is 0.500. The summed E-state index contributed by atoms with van der Waals surface area (Å²) < 4.78 is 7.34. The van der Waals surface area contributed by atoms with Gasteiger partial charge in [-0.05, 0) is 18.5 Å². The van der Waals surface area contributed by atoms with Gasteiger partial charge in [0.25, 0.3) is 0 Å². The van der Waals surface area contributed by atoms with E-state index in [1.165, 1.54) is 0 Å². The second kappa shape index (κ2) is 4.31. The van der Waals surface area contributed by atoms with Crippen molar-refractivity contribution in [2.45, 2.75) is 31.8 Å². The van der Waals surface area contributed by atoms with Crippen LogP contribution in [-0.2, 0) is 4.74 Å². The minimum Gasteiger partial charge on any atom is -0.390 e. The van der Waals surface area contributed by atoms with E-state index in [4.69, 9.17) is 27.9 Å². The van der Waals surface area contributed by atoms with Crippen molar-refractivity contribution in [2.24, 2.45) is 0 Å². The van der Waals surface area contributed by atoms with Gasteiger partial charge in [-0.25, -0.2) is 9.97 Å². The van der Waals surface area contributed by atoms with Gasteiger partial charge in [0.05, 0.1) is 18.5 Å². The molecule has 1 fully saturated rings. The Morgan fingerprint density at radius 2 is 2.22 bits per heavy atom. The summed E-state index contributed by atoms with van der Waals surface area (Å²) in [6.45, 7) is 1.82. The van der Waals surface area contributed by atoms with Gasteiger partial charge in [0.1, 0.15) is 11.7 Å². The van der Waals surface area contributed by atoms with E-state index in [1.807, 2.05) is 6.92 Å². The largest absolute Gasteiger partial charge is 0.390 e. The van der Waals surface area contributed by atoms with Gasteiger partial charge in [-0.15, -0.1) is 0 Å². The zero-order chi connectivity index (χ0) is 12.9. The number of hydrogen-bond acceptors (Lipinski definition) is 5. The first-order chi connectivity index (χ1) is 8.56. The van der Waals surface area contributed by atoms with E-state index in [1.54, 1.807) is 10.9 Å². The van der Waals surface area contributed by atoms with Crippen molar-refractivity contribution in [2.75, 3.05) is 0 Å². The summed E-state index contributed by atoms with van der Waals surface area (Å²) in [5.74, 6) is 0. The Kier molecular flexibility index (Phi) is 2.90. The van der Waals surface area contributed by atoms with Gasteiger partial charge in [0.15, 0.2) is 10.8 Å². The molecular weight excluding hydrogens is 279 g/mol. The number of ether oxygens (including phenoxy) is 1. The first kappa shape index (κ1) is 12.1. The molecule has 3 atom stereocenters. The van der Waals surface area contributed by atoms with Gasteiger partial charge < -0.3 is 9.84 Å². The topological polar surface area (TPSA) is 73.1 Å². The van der Waals surface area contributed by atoms with Gasteiger partial charge in [0, 0.05) is 6.42 Å². The Morgan fingerprint density at radius 3 is 2.89 bits per heavy atom. The second-order valence-corrected chi connectivity index (χ2v) is 4.90. The maximum atomic E-state index is 9.70. The number of imidazole rings is 1. The molecule has 0 radical (unpaired) electrons. The van der Waals surface area contributed by atoms with Gasteiger partial charge >= 0.3 is 0 Å². The molecule has 6 nitrogen and oxygen atoms in total. The third-order valence-corrected chi connectivity index (χ3v) is 3.45. The maximum Gasteiger partial charge on any atom is 0.225 e. The predicted octanol–water partition coefficient (Wildman–Crippen LogP) is 1.80. The molecule has 1 aliphatic rings. The molecule has 0 unspecified atom stereocenters. The Morgan fingerprint density at radius 1 is 1.44 bits per heavy atom. The molecule has 1 aliphatic heterocycles. The summed E-state index contributed by atoms with van der Waals surface area (Å²) in [5.41, 5.74) is 0.977. The van der Waals surface area contributed by atoms with Crippen molar-refractivity contribution in [3.05, 3.63) is 16.8 Å². The summed E-state index contributed by atoms with van der Waals surface area (Å²) in [4.78, 5) is 12.1. The highest BCUT2D eigenvalue weighted by atomic mass is 35.5. The summed E-state index contributed by atoms with van der Waals surface area (Å²) in [6.07, 6.45) is 1.01. The van der Waals surface area contributed by atoms with Crippen LogP contribution < -0.4 is 0 Å². The van der Waals surface area contributed by atoms with Crippen molar-refractivity contribution in [1.29, 1.82) is 0 Å². The number of nitrogens with zero attached hydrogens (tertiary/aromatic N) is 4. The predicted molar refractivity (Wildman–Crippen MR) is 65.6 cm³/mol. The number of halogens is 2. The van der Waals surface area contributed by atoms with E-state index in [0.717, 1.165) is 0 Å². The Balaban J connectivity index is 2.08. The minimum absolute atomic E-state index is 0.0563. The van der Waals surface area contributed by atoms with Crippen molar-refractivity contribution < 1.29 is 9.84 Å². The summed E-state index contributed by atoms with van der Waals surface area (Å²) in [6, 6.07) is 0. The van der Waals surface area contributed by atoms with Crippen LogP contribution in [-0.4, -0.2) is 36.8 Å². The molecule has 0 aromatic carbocycles. The number of aliphatic hydroxyl groups is 1. The van der Waals surface area contributed by atoms with Crippen molar-refractivity contribution in [1.82, 2.24) is 19.5 Å². The average Bonchev–Trinajstić information content (AvgIpc) is 2.83. The molecular formula is C10H10Cl2N4O2. The number of hydrogen-bond donors (Lipinski definition) is 1. The van der Waals surface area contributed by atoms with Crippen LogP contribution in [0.25, 0.3) is 11.2 Å². The van der Waals surface area contributed by atoms with Gasteiger partial charge in [0.2, 0.25) is 5.28 Å². The lowest BCUT2D eigenvalue weighted by molar-refractivity contribution is -0.00632. The molecule has 1 saturated heterocycles. The molecule has 1 N–H and O–H groups in total. The lowest BCUT2D eigenvalue weighted by Gasteiger charge is -2.12. The van der Waals surface area contributed by atoms with Crippen LogP contribution in [0.3, 0.4) is 0 Å². The quantitative estimate of drug-likeness (QED) is 0.640. The lowest BCUT2D eigenvalue weighted by atomic mass is 10.2. The molecule has 0 bridgehead atoms. The van der Waals surface area contributed by atoms with Crippen LogP contribution in [0.5, 0.6) is 0 Å². The van der Waals surface area contributed by atoms with Crippen molar-refractivity contribution in [3.63, 3.8) is 0 Å². The first-order valence-corrected chi connectivity index (χ1v) is 6.21. The van der Waals surface area contributed by atoms with E-state index in [0.29, 0.717) is 17.6 Å². The monoisotopic (exact) mass is 288 g/mol. The highest BCUT2D eigenvalue weighted by Gasteiger charge is 2.33. The second-order valence-electron chi connectivity index (χ2n) is 4.21. The Hall–Kier alpha value is -0.950. The molecule has 0 saturated carbocycles. The van der Waals surface area contributed by atoms with E-state index in [9.17, 15) is 5.11 Å². The van der Waals surface area contributed by atoms with E-state index in [2.05, 4.69) is 15.0 Å². The number of aromatic nitrogens is 4. The average molecular weight is 289 g/mol. The zero-order valence-electron chi connectivity index (χ0n) is 9.42. The SMILES string of the molecule is C[C@H]1O[C@@H](n2cnc3c(Cl)nc(Cl)nc32)C[C@@H]1O. The van der Waals surface area contributed by atoms with Gasteiger partial charge in [-0.1, -0.05) is 11.6 Å². The fourth-order valence-electron chi connectivity index (χ4n) is 2.04. The Labute approximate surface area is 113 Å². The molecule has 18 heavy (non-hydrogen) atoms. The van der Waals surface area contributed by atoms with Crippen LogP contribution in [0.4, 0.5) is 0 Å². The fourth-order valence-corrected chi connectivity index (χ4v) is 2.46. The molecule has 0 aliphatic carbocycles. The smallest absolute Gasteiger partial charge is 0.225 e. The van der Waals surface area contributed by atoms with Gasteiger partial charge in [-0.2, -0.15) is 4.98 Å². The normalized spacial score (nSPS) is 28.1. The number of aliphatic hydroxyl groups excluding tert-OH is 1. The minimum atomic E-state index is -0.500. The highest BCUT2D eigenvalue weighted by Crippen LogP contribution is 2.31. The molecule has 0 spiro atoms. The molecule has 8 heteroatoms. The summed E-state index contributed by atoms with van der Waals surface area (Å²) in [7, 11) is 0. The molecule has 0 amide bonds. The highest BCUT2D eigenvalue weighted by molar-refractivity contribution is 6.35. The molecule has 3 rings (SSSR count). The van der Waals surface area contributed by atoms with Crippen LogP contribution in [0.1, 0.15) is 19.6 Å². The standard InChI is InChI=1S/C10H10Cl2N4O2/c1-4-5(17)2-6(18-4)16-3-13-7-8(11)14-10(12)15-9(7)16/h3-6,17H,2H2,1H3/t4-,5+,6-/m1/s1. The van der Waals surface area contributed by atoms with E-state index >= 15 is 0 Å². The van der Waals surface area contributed by atoms with E-state index < -0.39 is 6.10 Å². The van der Waals surface area contributed by atoms with Crippen LogP contribution in [0.2, 0.25) is 10.4 Å². The first-order valence-electron chi connectivity index (χ1n) is 5.45. The summed E-state index contributed by atoms with van der Waals surface area (Å²) >= 11 is 11.7. The number of rotatable bonds is 1. The summed E-state index contributed by atoms with van der Waals surface area (Å²) in [5, 5.41) is 9.96. The number of fused-ring (bicyclic) bond motifs is 1. The van der Waals surface area contributed by atoms with Crippen LogP contribution >= 0.6 is 23.2 Å². The zero-order valence-corrected chi connectivity index (χ0v) is 10.9. The van der Waals surface area contributed by atoms with Crippen molar-refractivity contribution >= 4 is 34.4 Å². The molecule has 96 valence electrons. The van der Waals surface area contributed by atoms with Crippen molar-refractivity contribution in [3.8, 4) is 0 Å². The third-order valence-electron chi connectivity index (χ3n) is 3.02. The lowest BCUT2D eigenvalue weighted by Crippen LogP contribution is -2.15. The van der Waals surface area contributed by atoms with E-state index in [-0.39, 0.29) is 22.8 Å². The third kappa shape index (κ3) is 1.85. The Bertz CT molecular complexity index is 593. The van der Waals surface area contributed by atoms with Crippen LogP contribution in [0, 0.1) is 0 Å². The van der Waals surface area contributed by atoms with Gasteiger partial charge in [-0.3, -0.25) is 4.57 Å². The molecule has 2 aromatic heterocycles. The molecule has 3 heterocycles.